The van der Waals surface area contributed by atoms with Crippen molar-refractivity contribution in [3.63, 3.8) is 0 Å². The summed E-state index contributed by atoms with van der Waals surface area (Å²) in [5, 5.41) is 11.4. The molecule has 1 fully saturated rings. The van der Waals surface area contributed by atoms with Gasteiger partial charge in [0.25, 0.3) is 0 Å². The van der Waals surface area contributed by atoms with Gasteiger partial charge in [0.1, 0.15) is 11.9 Å². The molecule has 1 atom stereocenters. The fourth-order valence-electron chi connectivity index (χ4n) is 1.70. The van der Waals surface area contributed by atoms with Crippen molar-refractivity contribution in [3.05, 3.63) is 29.6 Å². The molecule has 1 aromatic carbocycles. The molecule has 1 saturated heterocycles. The van der Waals surface area contributed by atoms with Crippen molar-refractivity contribution in [2.45, 2.75) is 18.1 Å². The van der Waals surface area contributed by atoms with E-state index in [4.69, 9.17) is 5.26 Å². The molecule has 3 nitrogen and oxygen atoms in total. The van der Waals surface area contributed by atoms with Crippen molar-refractivity contribution in [1.29, 1.82) is 5.26 Å². The number of halogens is 1. The van der Waals surface area contributed by atoms with Gasteiger partial charge in [-0.2, -0.15) is 5.26 Å². The molecular formula is C12H11FN2OS. The monoisotopic (exact) mass is 250 g/mol. The highest BCUT2D eigenvalue weighted by molar-refractivity contribution is 8.00. The van der Waals surface area contributed by atoms with Crippen LogP contribution >= 0.6 is 11.8 Å². The van der Waals surface area contributed by atoms with Gasteiger partial charge >= 0.3 is 0 Å². The number of carbonyl (C=O) groups excluding carboxylic acids is 1. The van der Waals surface area contributed by atoms with Crippen LogP contribution in [0.2, 0.25) is 0 Å². The first-order valence-electron chi connectivity index (χ1n) is 5.33. The summed E-state index contributed by atoms with van der Waals surface area (Å²) in [6.45, 7) is 0. The van der Waals surface area contributed by atoms with Gasteiger partial charge in [-0.3, -0.25) is 4.79 Å². The third-order valence-corrected chi connectivity index (χ3v) is 3.95. The van der Waals surface area contributed by atoms with Gasteiger partial charge in [-0.15, -0.1) is 11.8 Å². The van der Waals surface area contributed by atoms with E-state index in [0.29, 0.717) is 5.69 Å². The number of carbonyl (C=O) groups is 1. The second-order valence-electron chi connectivity index (χ2n) is 3.80. The Morgan fingerprint density at radius 2 is 2.41 bits per heavy atom. The highest BCUT2D eigenvalue weighted by Gasteiger charge is 2.23. The molecule has 0 bridgehead atoms. The maximum absolute atomic E-state index is 13.1. The lowest BCUT2D eigenvalue weighted by Gasteiger charge is -2.10. The molecule has 0 aliphatic carbocycles. The van der Waals surface area contributed by atoms with Crippen LogP contribution in [0.3, 0.4) is 0 Å². The minimum Gasteiger partial charge on any atom is -0.325 e. The van der Waals surface area contributed by atoms with Crippen LogP contribution in [0.5, 0.6) is 0 Å². The van der Waals surface area contributed by atoms with Crippen LogP contribution in [-0.4, -0.2) is 16.9 Å². The van der Waals surface area contributed by atoms with E-state index in [-0.39, 0.29) is 16.7 Å². The van der Waals surface area contributed by atoms with E-state index in [9.17, 15) is 9.18 Å². The van der Waals surface area contributed by atoms with Gasteiger partial charge in [0.15, 0.2) is 0 Å². The molecule has 17 heavy (non-hydrogen) atoms. The molecule has 0 aromatic heterocycles. The molecule has 0 spiro atoms. The lowest BCUT2D eigenvalue weighted by molar-refractivity contribution is -0.115. The second kappa shape index (κ2) is 5.19. The SMILES string of the molecule is N#Cc1cc(NC(=O)C2CCCS2)ccc1F. The standard InChI is InChI=1S/C12H11FN2OS/c13-10-4-3-9(6-8(10)7-14)15-12(16)11-2-1-5-17-11/h3-4,6,11H,1-2,5H2,(H,15,16). The summed E-state index contributed by atoms with van der Waals surface area (Å²) in [5.74, 6) is 0.369. The molecular weight excluding hydrogens is 239 g/mol. The van der Waals surface area contributed by atoms with Crippen LogP contribution in [0.15, 0.2) is 18.2 Å². The molecule has 0 saturated carbocycles. The molecule has 1 unspecified atom stereocenters. The van der Waals surface area contributed by atoms with Crippen LogP contribution in [0.1, 0.15) is 18.4 Å². The largest absolute Gasteiger partial charge is 0.325 e. The number of benzene rings is 1. The Kier molecular flexibility index (Phi) is 3.64. The fraction of sp³-hybridized carbons (Fsp3) is 0.333. The van der Waals surface area contributed by atoms with Crippen LogP contribution in [0.4, 0.5) is 10.1 Å². The summed E-state index contributed by atoms with van der Waals surface area (Å²) < 4.78 is 13.1. The zero-order chi connectivity index (χ0) is 12.3. The average Bonchev–Trinajstić information content (AvgIpc) is 2.85. The lowest BCUT2D eigenvalue weighted by atomic mass is 10.2. The smallest absolute Gasteiger partial charge is 0.237 e. The van der Waals surface area contributed by atoms with Gasteiger partial charge in [-0.05, 0) is 36.8 Å². The number of rotatable bonds is 2. The third kappa shape index (κ3) is 2.77. The Balaban J connectivity index is 2.08. The zero-order valence-electron chi connectivity index (χ0n) is 9.07. The number of nitrogens with zero attached hydrogens (tertiary/aromatic N) is 1. The summed E-state index contributed by atoms with van der Waals surface area (Å²) in [7, 11) is 0. The summed E-state index contributed by atoms with van der Waals surface area (Å²) in [6, 6.07) is 5.76. The summed E-state index contributed by atoms with van der Waals surface area (Å²) in [6.07, 6.45) is 1.93. The number of amides is 1. The number of hydrogen-bond acceptors (Lipinski definition) is 3. The second-order valence-corrected chi connectivity index (χ2v) is 5.11. The highest BCUT2D eigenvalue weighted by atomic mass is 32.2. The zero-order valence-corrected chi connectivity index (χ0v) is 9.89. The molecule has 1 aromatic rings. The van der Waals surface area contributed by atoms with Crippen LogP contribution < -0.4 is 5.32 Å². The van der Waals surface area contributed by atoms with Crippen molar-refractivity contribution < 1.29 is 9.18 Å². The van der Waals surface area contributed by atoms with Crippen molar-refractivity contribution in [2.75, 3.05) is 11.1 Å². The third-order valence-electron chi connectivity index (χ3n) is 2.58. The number of anilines is 1. The van der Waals surface area contributed by atoms with Crippen molar-refractivity contribution in [3.8, 4) is 6.07 Å². The first kappa shape index (κ1) is 11.9. The minimum absolute atomic E-state index is 0.0226. The van der Waals surface area contributed by atoms with E-state index in [1.807, 2.05) is 0 Å². The maximum Gasteiger partial charge on any atom is 0.237 e. The minimum atomic E-state index is -0.569. The number of nitrogens with one attached hydrogen (secondary N) is 1. The van der Waals surface area contributed by atoms with E-state index >= 15 is 0 Å². The first-order chi connectivity index (χ1) is 8.20. The van der Waals surface area contributed by atoms with E-state index in [0.717, 1.165) is 18.6 Å². The van der Waals surface area contributed by atoms with E-state index < -0.39 is 5.82 Å². The van der Waals surface area contributed by atoms with Crippen molar-refractivity contribution in [1.82, 2.24) is 0 Å². The lowest BCUT2D eigenvalue weighted by Crippen LogP contribution is -2.22. The molecule has 1 heterocycles. The summed E-state index contributed by atoms with van der Waals surface area (Å²) >= 11 is 1.63. The molecule has 2 rings (SSSR count). The molecule has 1 aliphatic rings. The van der Waals surface area contributed by atoms with Gasteiger partial charge in [0.2, 0.25) is 5.91 Å². The Bertz CT molecular complexity index is 478. The quantitative estimate of drug-likeness (QED) is 0.877. The number of nitriles is 1. The summed E-state index contributed by atoms with van der Waals surface area (Å²) in [5.41, 5.74) is 0.419. The van der Waals surface area contributed by atoms with Crippen molar-refractivity contribution >= 4 is 23.4 Å². The van der Waals surface area contributed by atoms with Crippen molar-refractivity contribution in [2.24, 2.45) is 0 Å². The maximum atomic E-state index is 13.1. The highest BCUT2D eigenvalue weighted by Crippen LogP contribution is 2.27. The predicted molar refractivity (Wildman–Crippen MR) is 65.2 cm³/mol. The van der Waals surface area contributed by atoms with Gasteiger partial charge in [-0.1, -0.05) is 0 Å². The average molecular weight is 250 g/mol. The Hall–Kier alpha value is -1.54. The Morgan fingerprint density at radius 3 is 3.06 bits per heavy atom. The fourth-order valence-corrected chi connectivity index (χ4v) is 2.86. The topological polar surface area (TPSA) is 52.9 Å². The number of thioether (sulfide) groups is 1. The summed E-state index contributed by atoms with van der Waals surface area (Å²) in [4.78, 5) is 11.8. The molecule has 1 N–H and O–H groups in total. The molecule has 5 heteroatoms. The van der Waals surface area contributed by atoms with Crippen LogP contribution in [0, 0.1) is 17.1 Å². The van der Waals surface area contributed by atoms with Gasteiger partial charge in [-0.25, -0.2) is 4.39 Å². The number of hydrogen-bond donors (Lipinski definition) is 1. The van der Waals surface area contributed by atoms with E-state index in [1.54, 1.807) is 17.8 Å². The molecule has 1 amide bonds. The van der Waals surface area contributed by atoms with E-state index in [2.05, 4.69) is 5.32 Å². The van der Waals surface area contributed by atoms with Gasteiger partial charge in [0, 0.05) is 5.69 Å². The van der Waals surface area contributed by atoms with Gasteiger partial charge < -0.3 is 5.32 Å². The predicted octanol–water partition coefficient (Wildman–Crippen LogP) is 2.53. The molecule has 0 radical (unpaired) electrons. The normalized spacial score (nSPS) is 18.7. The van der Waals surface area contributed by atoms with Gasteiger partial charge in [0.05, 0.1) is 10.8 Å². The molecule has 1 aliphatic heterocycles. The first-order valence-corrected chi connectivity index (χ1v) is 6.37. The Labute approximate surface area is 103 Å². The van der Waals surface area contributed by atoms with E-state index in [1.165, 1.54) is 18.2 Å². The van der Waals surface area contributed by atoms with Crippen LogP contribution in [-0.2, 0) is 4.79 Å². The molecule has 88 valence electrons. The van der Waals surface area contributed by atoms with Crippen LogP contribution in [0.25, 0.3) is 0 Å². The Morgan fingerprint density at radius 1 is 1.59 bits per heavy atom.